The Bertz CT molecular complexity index is 229. The first kappa shape index (κ1) is 17.5. The van der Waals surface area contributed by atoms with Crippen molar-refractivity contribution in [2.45, 2.75) is 31.3 Å². The van der Waals surface area contributed by atoms with Crippen molar-refractivity contribution < 1.29 is 25.6 Å². The fraction of sp³-hybridized carbons (Fsp3) is 0.818. The largest absolute Gasteiger partial charge is 0.394 e. The molecule has 0 radical (unpaired) electrons. The number of likely N-dealkylation sites (N-methyl/N-ethyl adjacent to an activating group) is 1. The second-order valence-electron chi connectivity index (χ2n) is 4.04. The molecule has 0 fully saturated rings. The summed E-state index contributed by atoms with van der Waals surface area (Å²) < 4.78 is 0. The van der Waals surface area contributed by atoms with Crippen LogP contribution in [0.4, 0.5) is 0 Å². The lowest BCUT2D eigenvalue weighted by molar-refractivity contribution is -0.135. The average Bonchev–Trinajstić information content (AvgIpc) is 2.37. The van der Waals surface area contributed by atoms with Crippen LogP contribution >= 0.6 is 0 Å². The van der Waals surface area contributed by atoms with Crippen molar-refractivity contribution in [2.24, 2.45) is 0 Å². The van der Waals surface area contributed by atoms with Gasteiger partial charge in [0.05, 0.1) is 37.5 Å². The molecule has 18 heavy (non-hydrogen) atoms. The molecule has 0 amide bonds. The van der Waals surface area contributed by atoms with Crippen LogP contribution in [0.5, 0.6) is 0 Å². The van der Waals surface area contributed by atoms with Crippen molar-refractivity contribution in [3.8, 4) is 0 Å². The third-order valence-electron chi connectivity index (χ3n) is 2.62. The minimum atomic E-state index is -1.33. The lowest BCUT2D eigenvalue weighted by atomic mass is 10.00. The van der Waals surface area contributed by atoms with E-state index in [1.165, 1.54) is 6.08 Å². The Balaban J connectivity index is 4.51. The number of hydrogen-bond donors (Lipinski definition) is 6. The first-order valence-electron chi connectivity index (χ1n) is 5.91. The number of hydrogen-bond acceptors (Lipinski definition) is 7. The summed E-state index contributed by atoms with van der Waals surface area (Å²) in [4.78, 5) is 0. The summed E-state index contributed by atoms with van der Waals surface area (Å²) in [7, 11) is 0. The van der Waals surface area contributed by atoms with Gasteiger partial charge in [0.25, 0.3) is 0 Å². The van der Waals surface area contributed by atoms with Gasteiger partial charge in [-0.15, -0.1) is 6.58 Å². The predicted octanol–water partition coefficient (Wildman–Crippen LogP) is -2.08. The van der Waals surface area contributed by atoms with Crippen molar-refractivity contribution in [1.82, 2.24) is 10.4 Å². The topological polar surface area (TPSA) is 116 Å². The summed E-state index contributed by atoms with van der Waals surface area (Å²) in [6.45, 7) is 5.09. The molecule has 0 aliphatic carbocycles. The molecule has 0 saturated carbocycles. The molecule has 7 heteroatoms. The molecule has 0 aromatic heterocycles. The molecule has 4 atom stereocenters. The second kappa shape index (κ2) is 9.40. The molecule has 0 spiro atoms. The summed E-state index contributed by atoms with van der Waals surface area (Å²) in [5.74, 6) is 0. The molecule has 0 saturated heterocycles. The van der Waals surface area contributed by atoms with Crippen LogP contribution in [0.2, 0.25) is 0 Å². The van der Waals surface area contributed by atoms with Crippen LogP contribution in [0.25, 0.3) is 0 Å². The molecule has 0 bridgehead atoms. The van der Waals surface area contributed by atoms with Crippen LogP contribution in [0, 0.1) is 0 Å². The van der Waals surface area contributed by atoms with E-state index in [1.807, 2.05) is 0 Å². The standard InChI is InChI=1S/C11H24N2O5/c1-3-5-12-10(9(16)7-14)11(17)8(15)6-13(18)4-2/h3,8-12,14-18H,1,4-7H2,2H3. The lowest BCUT2D eigenvalue weighted by Gasteiger charge is -2.31. The zero-order chi connectivity index (χ0) is 14.1. The Labute approximate surface area is 107 Å². The molecule has 0 aromatic rings. The predicted molar refractivity (Wildman–Crippen MR) is 66.1 cm³/mol. The smallest absolute Gasteiger partial charge is 0.0991 e. The Hall–Kier alpha value is -0.540. The van der Waals surface area contributed by atoms with Crippen molar-refractivity contribution in [3.05, 3.63) is 12.7 Å². The molecule has 108 valence electrons. The molecular formula is C11H24N2O5. The fourth-order valence-corrected chi connectivity index (χ4v) is 1.51. The van der Waals surface area contributed by atoms with E-state index < -0.39 is 31.0 Å². The van der Waals surface area contributed by atoms with E-state index >= 15 is 0 Å². The van der Waals surface area contributed by atoms with Gasteiger partial charge >= 0.3 is 0 Å². The SMILES string of the molecule is C=CCNC(C(O)CO)C(O)C(O)CN(O)CC. The van der Waals surface area contributed by atoms with E-state index in [-0.39, 0.29) is 6.54 Å². The van der Waals surface area contributed by atoms with Gasteiger partial charge in [0.15, 0.2) is 0 Å². The van der Waals surface area contributed by atoms with Gasteiger partial charge < -0.3 is 31.0 Å². The van der Waals surface area contributed by atoms with Gasteiger partial charge in [0, 0.05) is 13.1 Å². The highest BCUT2D eigenvalue weighted by atomic mass is 16.5. The first-order chi connectivity index (χ1) is 8.47. The highest BCUT2D eigenvalue weighted by Gasteiger charge is 2.31. The van der Waals surface area contributed by atoms with Gasteiger partial charge in [0.2, 0.25) is 0 Å². The minimum Gasteiger partial charge on any atom is -0.394 e. The summed E-state index contributed by atoms with van der Waals surface area (Å²) >= 11 is 0. The van der Waals surface area contributed by atoms with Gasteiger partial charge in [-0.2, -0.15) is 5.06 Å². The van der Waals surface area contributed by atoms with E-state index in [1.54, 1.807) is 6.92 Å². The quantitative estimate of drug-likeness (QED) is 0.198. The van der Waals surface area contributed by atoms with Gasteiger partial charge in [0.1, 0.15) is 0 Å². The fourth-order valence-electron chi connectivity index (χ4n) is 1.51. The molecule has 0 heterocycles. The molecular weight excluding hydrogens is 240 g/mol. The Morgan fingerprint density at radius 2 is 1.89 bits per heavy atom. The van der Waals surface area contributed by atoms with E-state index in [0.717, 1.165) is 5.06 Å². The summed E-state index contributed by atoms with van der Waals surface area (Å²) in [5, 5.41) is 50.9. The monoisotopic (exact) mass is 264 g/mol. The number of aliphatic hydroxyl groups excluding tert-OH is 4. The molecule has 0 aliphatic rings. The van der Waals surface area contributed by atoms with Gasteiger partial charge in [-0.05, 0) is 0 Å². The average molecular weight is 264 g/mol. The third-order valence-corrected chi connectivity index (χ3v) is 2.62. The van der Waals surface area contributed by atoms with Gasteiger partial charge in [-0.1, -0.05) is 13.0 Å². The van der Waals surface area contributed by atoms with Crippen LogP contribution in [-0.4, -0.2) is 81.3 Å². The van der Waals surface area contributed by atoms with E-state index in [2.05, 4.69) is 11.9 Å². The summed E-state index contributed by atoms with van der Waals surface area (Å²) in [5.41, 5.74) is 0. The first-order valence-corrected chi connectivity index (χ1v) is 5.91. The zero-order valence-electron chi connectivity index (χ0n) is 10.6. The minimum absolute atomic E-state index is 0.151. The molecule has 0 rings (SSSR count). The van der Waals surface area contributed by atoms with Crippen LogP contribution < -0.4 is 5.32 Å². The molecule has 7 nitrogen and oxygen atoms in total. The lowest BCUT2D eigenvalue weighted by Crippen LogP contribution is -2.56. The van der Waals surface area contributed by atoms with E-state index in [9.17, 15) is 20.5 Å². The van der Waals surface area contributed by atoms with Crippen molar-refractivity contribution >= 4 is 0 Å². The maximum atomic E-state index is 9.89. The highest BCUT2D eigenvalue weighted by molar-refractivity contribution is 4.89. The van der Waals surface area contributed by atoms with Gasteiger partial charge in [-0.25, -0.2) is 0 Å². The number of rotatable bonds is 10. The summed E-state index contributed by atoms with van der Waals surface area (Å²) in [6.07, 6.45) is -2.27. The highest BCUT2D eigenvalue weighted by Crippen LogP contribution is 2.06. The van der Waals surface area contributed by atoms with E-state index in [4.69, 9.17) is 5.11 Å². The number of aliphatic hydroxyl groups is 4. The number of nitrogens with one attached hydrogen (secondary N) is 1. The normalized spacial score (nSPS) is 18.4. The Kier molecular flexibility index (Phi) is 9.12. The molecule has 4 unspecified atom stereocenters. The molecule has 0 aliphatic heterocycles. The third kappa shape index (κ3) is 5.87. The van der Waals surface area contributed by atoms with Crippen molar-refractivity contribution in [2.75, 3.05) is 26.2 Å². The Morgan fingerprint density at radius 1 is 1.28 bits per heavy atom. The Morgan fingerprint density at radius 3 is 2.33 bits per heavy atom. The van der Waals surface area contributed by atoms with Crippen LogP contribution in [0.3, 0.4) is 0 Å². The number of hydroxylamine groups is 2. The molecule has 6 N–H and O–H groups in total. The second-order valence-corrected chi connectivity index (χ2v) is 4.04. The van der Waals surface area contributed by atoms with Crippen molar-refractivity contribution in [3.63, 3.8) is 0 Å². The van der Waals surface area contributed by atoms with Crippen molar-refractivity contribution in [1.29, 1.82) is 0 Å². The van der Waals surface area contributed by atoms with Crippen LogP contribution in [0.15, 0.2) is 12.7 Å². The van der Waals surface area contributed by atoms with Crippen LogP contribution in [0.1, 0.15) is 6.92 Å². The number of nitrogens with zero attached hydrogens (tertiary/aromatic N) is 1. The van der Waals surface area contributed by atoms with Gasteiger partial charge in [-0.3, -0.25) is 0 Å². The van der Waals surface area contributed by atoms with Crippen LogP contribution in [-0.2, 0) is 0 Å². The van der Waals surface area contributed by atoms with E-state index in [0.29, 0.717) is 13.1 Å². The molecule has 0 aromatic carbocycles. The summed E-state index contributed by atoms with van der Waals surface area (Å²) in [6, 6.07) is -0.909. The maximum Gasteiger partial charge on any atom is 0.0991 e. The maximum absolute atomic E-state index is 9.89. The zero-order valence-corrected chi connectivity index (χ0v) is 10.6.